The Bertz CT molecular complexity index is 631. The van der Waals surface area contributed by atoms with Crippen LogP contribution in [0.15, 0.2) is 18.2 Å². The minimum absolute atomic E-state index is 0.113. The molecule has 1 heterocycles. The van der Waals surface area contributed by atoms with Crippen LogP contribution >= 0.6 is 11.8 Å². The highest BCUT2D eigenvalue weighted by molar-refractivity contribution is 7.99. The van der Waals surface area contributed by atoms with Crippen molar-refractivity contribution >= 4 is 39.3 Å². The molecule has 0 fully saturated rings. The Morgan fingerprint density at radius 1 is 1.50 bits per heavy atom. The number of fused-ring (bicyclic) bond motifs is 1. The Morgan fingerprint density at radius 3 is 2.80 bits per heavy atom. The van der Waals surface area contributed by atoms with E-state index in [2.05, 4.69) is 5.32 Å². The maximum atomic E-state index is 11.8. The van der Waals surface area contributed by atoms with Gasteiger partial charge < -0.3 is 5.32 Å². The molecule has 1 amide bonds. The summed E-state index contributed by atoms with van der Waals surface area (Å²) in [6.07, 6.45) is 2.48. The van der Waals surface area contributed by atoms with Gasteiger partial charge in [-0.05, 0) is 37.3 Å². The summed E-state index contributed by atoms with van der Waals surface area (Å²) in [6, 6.07) is 5.24. The van der Waals surface area contributed by atoms with Crippen LogP contribution in [0.3, 0.4) is 0 Å². The van der Waals surface area contributed by atoms with Crippen molar-refractivity contribution < 1.29 is 13.2 Å². The van der Waals surface area contributed by atoms with Crippen molar-refractivity contribution in [3.63, 3.8) is 0 Å². The molecule has 0 saturated carbocycles. The van der Waals surface area contributed by atoms with Crippen molar-refractivity contribution in [2.24, 2.45) is 5.14 Å². The number of nitrogens with two attached hydrogens (primary N) is 1. The SMILES string of the molecule is CS[C@H](C)C(=O)Nc1ccc2c(c1)N(S(N)(=O)=O)CC2. The van der Waals surface area contributed by atoms with Crippen LogP contribution in [0.4, 0.5) is 11.4 Å². The lowest BCUT2D eigenvalue weighted by atomic mass is 10.1. The zero-order valence-corrected chi connectivity index (χ0v) is 12.9. The van der Waals surface area contributed by atoms with Gasteiger partial charge in [0.15, 0.2) is 0 Å². The van der Waals surface area contributed by atoms with Crippen LogP contribution in [0.5, 0.6) is 0 Å². The van der Waals surface area contributed by atoms with E-state index in [0.717, 1.165) is 9.87 Å². The van der Waals surface area contributed by atoms with Gasteiger partial charge in [-0.15, -0.1) is 0 Å². The predicted molar refractivity (Wildman–Crippen MR) is 82.2 cm³/mol. The highest BCUT2D eigenvalue weighted by atomic mass is 32.2. The Morgan fingerprint density at radius 2 is 2.20 bits per heavy atom. The summed E-state index contributed by atoms with van der Waals surface area (Å²) in [4.78, 5) is 11.8. The lowest BCUT2D eigenvalue weighted by Crippen LogP contribution is -2.35. The molecule has 0 unspecified atom stereocenters. The van der Waals surface area contributed by atoms with Gasteiger partial charge in [0.25, 0.3) is 10.2 Å². The molecule has 1 aliphatic rings. The van der Waals surface area contributed by atoms with Gasteiger partial charge >= 0.3 is 0 Å². The summed E-state index contributed by atoms with van der Waals surface area (Å²) in [5.74, 6) is -0.113. The summed E-state index contributed by atoms with van der Waals surface area (Å²) >= 11 is 1.44. The molecule has 1 aromatic carbocycles. The van der Waals surface area contributed by atoms with Crippen LogP contribution in [0, 0.1) is 0 Å². The Hall–Kier alpha value is -1.25. The normalized spacial score (nSPS) is 15.8. The first-order valence-corrected chi connectivity index (χ1v) is 8.89. The summed E-state index contributed by atoms with van der Waals surface area (Å²) in [6.45, 7) is 2.15. The molecule has 8 heteroatoms. The van der Waals surface area contributed by atoms with Gasteiger partial charge in [-0.2, -0.15) is 20.2 Å². The first-order valence-electron chi connectivity index (χ1n) is 6.10. The molecular weight excluding hydrogens is 298 g/mol. The second-order valence-corrected chi connectivity index (χ2v) is 7.23. The Labute approximate surface area is 122 Å². The van der Waals surface area contributed by atoms with Crippen LogP contribution in [-0.2, 0) is 21.4 Å². The summed E-state index contributed by atoms with van der Waals surface area (Å²) in [5, 5.41) is 7.79. The lowest BCUT2D eigenvalue weighted by molar-refractivity contribution is -0.115. The summed E-state index contributed by atoms with van der Waals surface area (Å²) in [7, 11) is -3.77. The molecule has 0 spiro atoms. The number of anilines is 2. The molecule has 6 nitrogen and oxygen atoms in total. The average Bonchev–Trinajstić information content (AvgIpc) is 2.80. The standard InChI is InChI=1S/C12H17N3O3S2/c1-8(19-2)12(16)14-10-4-3-9-5-6-15(11(9)7-10)20(13,17)18/h3-4,7-8H,5-6H2,1-2H3,(H,14,16)(H2,13,17,18)/t8-/m1/s1. The van der Waals surface area contributed by atoms with Gasteiger partial charge in [0.2, 0.25) is 5.91 Å². The van der Waals surface area contributed by atoms with Crippen molar-refractivity contribution in [2.45, 2.75) is 18.6 Å². The molecule has 0 aromatic heterocycles. The Kier molecular flexibility index (Phi) is 4.26. The largest absolute Gasteiger partial charge is 0.325 e. The number of nitrogens with one attached hydrogen (secondary N) is 1. The third kappa shape index (κ3) is 3.08. The number of rotatable bonds is 4. The molecule has 0 aliphatic carbocycles. The fourth-order valence-corrected chi connectivity index (χ4v) is 3.11. The van der Waals surface area contributed by atoms with Gasteiger partial charge in [-0.1, -0.05) is 6.07 Å². The second-order valence-electron chi connectivity index (χ2n) is 4.58. The van der Waals surface area contributed by atoms with Gasteiger partial charge in [-0.3, -0.25) is 9.10 Å². The molecule has 1 aromatic rings. The molecule has 0 radical (unpaired) electrons. The predicted octanol–water partition coefficient (Wildman–Crippen LogP) is 0.943. The summed E-state index contributed by atoms with van der Waals surface area (Å²) in [5.41, 5.74) is 2.03. The van der Waals surface area contributed by atoms with E-state index in [4.69, 9.17) is 5.14 Å². The second kappa shape index (κ2) is 5.63. The minimum Gasteiger partial charge on any atom is -0.325 e. The third-order valence-electron chi connectivity index (χ3n) is 3.24. The molecule has 3 N–H and O–H groups in total. The van der Waals surface area contributed by atoms with E-state index in [9.17, 15) is 13.2 Å². The van der Waals surface area contributed by atoms with E-state index < -0.39 is 10.2 Å². The number of amides is 1. The van der Waals surface area contributed by atoms with E-state index in [-0.39, 0.29) is 11.2 Å². The number of hydrogen-bond acceptors (Lipinski definition) is 4. The van der Waals surface area contributed by atoms with E-state index >= 15 is 0 Å². The molecule has 110 valence electrons. The van der Waals surface area contributed by atoms with Crippen LogP contribution in [0.25, 0.3) is 0 Å². The molecule has 1 atom stereocenters. The molecule has 20 heavy (non-hydrogen) atoms. The molecule has 0 saturated heterocycles. The van der Waals surface area contributed by atoms with Crippen molar-refractivity contribution in [2.75, 3.05) is 22.4 Å². The van der Waals surface area contributed by atoms with E-state index in [1.165, 1.54) is 11.8 Å². The van der Waals surface area contributed by atoms with Crippen molar-refractivity contribution in [3.05, 3.63) is 23.8 Å². The zero-order valence-electron chi connectivity index (χ0n) is 11.3. The molecule has 2 rings (SSSR count). The first-order chi connectivity index (χ1) is 9.32. The highest BCUT2D eigenvalue weighted by Gasteiger charge is 2.27. The van der Waals surface area contributed by atoms with Gasteiger partial charge in [-0.25, -0.2) is 5.14 Å². The van der Waals surface area contributed by atoms with Gasteiger partial charge in [0.1, 0.15) is 0 Å². The van der Waals surface area contributed by atoms with Gasteiger partial charge in [0.05, 0.1) is 10.9 Å². The van der Waals surface area contributed by atoms with E-state index in [0.29, 0.717) is 24.3 Å². The van der Waals surface area contributed by atoms with E-state index in [1.54, 1.807) is 12.1 Å². The van der Waals surface area contributed by atoms with Crippen LogP contribution in [-0.4, -0.2) is 32.4 Å². The smallest absolute Gasteiger partial charge is 0.299 e. The molecule has 1 aliphatic heterocycles. The lowest BCUT2D eigenvalue weighted by Gasteiger charge is -2.17. The summed E-state index contributed by atoms with van der Waals surface area (Å²) < 4.78 is 24.2. The quantitative estimate of drug-likeness (QED) is 0.865. The fourth-order valence-electron chi connectivity index (χ4n) is 2.04. The maximum absolute atomic E-state index is 11.8. The number of carbonyl (C=O) groups excluding carboxylic acids is 1. The number of carbonyl (C=O) groups is 1. The van der Waals surface area contributed by atoms with Crippen molar-refractivity contribution in [1.82, 2.24) is 0 Å². The average molecular weight is 315 g/mol. The number of hydrogen-bond donors (Lipinski definition) is 2. The van der Waals surface area contributed by atoms with Crippen molar-refractivity contribution in [3.8, 4) is 0 Å². The number of nitrogens with zero attached hydrogens (tertiary/aromatic N) is 1. The Balaban J connectivity index is 2.26. The van der Waals surface area contributed by atoms with Gasteiger partial charge in [0, 0.05) is 12.2 Å². The number of thioether (sulfide) groups is 1. The fraction of sp³-hybridized carbons (Fsp3) is 0.417. The first kappa shape index (κ1) is 15.1. The van der Waals surface area contributed by atoms with E-state index in [1.807, 2.05) is 19.2 Å². The van der Waals surface area contributed by atoms with Crippen LogP contribution in [0.2, 0.25) is 0 Å². The topological polar surface area (TPSA) is 92.5 Å². The molecular formula is C12H17N3O3S2. The zero-order chi connectivity index (χ0) is 14.9. The minimum atomic E-state index is -3.77. The third-order valence-corrected chi connectivity index (χ3v) is 5.15. The van der Waals surface area contributed by atoms with Crippen LogP contribution in [0.1, 0.15) is 12.5 Å². The monoisotopic (exact) mass is 315 g/mol. The molecule has 0 bridgehead atoms. The van der Waals surface area contributed by atoms with Crippen molar-refractivity contribution in [1.29, 1.82) is 0 Å². The highest BCUT2D eigenvalue weighted by Crippen LogP contribution is 2.32. The maximum Gasteiger partial charge on any atom is 0.299 e. The number of benzene rings is 1. The van der Waals surface area contributed by atoms with Crippen LogP contribution < -0.4 is 14.8 Å².